The Balaban J connectivity index is 1.24. The molecule has 5 heterocycles. The van der Waals surface area contributed by atoms with Crippen LogP contribution in [-0.4, -0.2) is 70.5 Å². The number of hydrogen-bond acceptors (Lipinski definition) is 7. The number of ether oxygens (including phenoxy) is 2. The summed E-state index contributed by atoms with van der Waals surface area (Å²) in [6, 6.07) is 1.98. The number of hydrogen-bond donors (Lipinski definition) is 2. The van der Waals surface area contributed by atoms with Gasteiger partial charge in [0.05, 0.1) is 23.7 Å². The molecule has 3 aliphatic heterocycles. The topological polar surface area (TPSA) is 90.5 Å². The van der Waals surface area contributed by atoms with Crippen LogP contribution in [0.3, 0.4) is 0 Å². The van der Waals surface area contributed by atoms with E-state index in [4.69, 9.17) is 15.2 Å². The first kappa shape index (κ1) is 17.4. The lowest BCUT2D eigenvalue weighted by atomic mass is 9.92. The van der Waals surface area contributed by atoms with Crippen LogP contribution in [0, 0.1) is 0 Å². The van der Waals surface area contributed by atoms with Gasteiger partial charge in [-0.15, -0.1) is 0 Å². The molecule has 27 heavy (non-hydrogen) atoms. The van der Waals surface area contributed by atoms with Gasteiger partial charge in [0.15, 0.2) is 0 Å². The van der Waals surface area contributed by atoms with Crippen molar-refractivity contribution in [3.63, 3.8) is 0 Å². The molecule has 2 aromatic rings. The van der Waals surface area contributed by atoms with E-state index in [-0.39, 0.29) is 17.9 Å². The van der Waals surface area contributed by atoms with Gasteiger partial charge in [0, 0.05) is 32.4 Å². The van der Waals surface area contributed by atoms with Crippen LogP contribution in [0.15, 0.2) is 18.6 Å². The van der Waals surface area contributed by atoms with Crippen LogP contribution in [-0.2, 0) is 9.47 Å². The van der Waals surface area contributed by atoms with Crippen molar-refractivity contribution >= 4 is 16.9 Å². The Kier molecular flexibility index (Phi) is 4.51. The minimum Gasteiger partial charge on any atom is -0.383 e. The molecule has 3 atom stereocenters. The summed E-state index contributed by atoms with van der Waals surface area (Å²) in [5.74, 6) is 0.521. The highest BCUT2D eigenvalue weighted by molar-refractivity contribution is 5.86. The molecule has 0 bridgehead atoms. The number of piperidine rings is 1. The Hall–Kier alpha value is -1.74. The van der Waals surface area contributed by atoms with Crippen LogP contribution in [0.2, 0.25) is 0 Å². The summed E-state index contributed by atoms with van der Waals surface area (Å²) in [6.07, 6.45) is 8.21. The summed E-state index contributed by atoms with van der Waals surface area (Å²) < 4.78 is 14.7. The molecule has 3 unspecified atom stereocenters. The van der Waals surface area contributed by atoms with E-state index in [0.29, 0.717) is 5.82 Å². The van der Waals surface area contributed by atoms with Crippen LogP contribution in [0.1, 0.15) is 31.9 Å². The van der Waals surface area contributed by atoms with Crippen LogP contribution in [0.4, 0.5) is 5.82 Å². The summed E-state index contributed by atoms with van der Waals surface area (Å²) in [5, 5.41) is 4.39. The zero-order valence-electron chi connectivity index (χ0n) is 15.6. The summed E-state index contributed by atoms with van der Waals surface area (Å²) in [5.41, 5.74) is 6.81. The average molecular weight is 372 g/mol. The fraction of sp³-hybridized carbons (Fsp3) is 0.684. The molecule has 3 saturated heterocycles. The van der Waals surface area contributed by atoms with Gasteiger partial charge < -0.3 is 25.1 Å². The highest BCUT2D eigenvalue weighted by Gasteiger charge is 2.39. The van der Waals surface area contributed by atoms with Crippen molar-refractivity contribution in [1.82, 2.24) is 24.8 Å². The second-order valence-corrected chi connectivity index (χ2v) is 8.06. The Bertz CT molecular complexity index is 797. The first-order chi connectivity index (χ1) is 13.2. The van der Waals surface area contributed by atoms with E-state index in [9.17, 15) is 0 Å². The van der Waals surface area contributed by atoms with E-state index < -0.39 is 0 Å². The second kappa shape index (κ2) is 7.01. The molecular weight excluding hydrogens is 344 g/mol. The van der Waals surface area contributed by atoms with Crippen LogP contribution < -0.4 is 11.1 Å². The van der Waals surface area contributed by atoms with Crippen molar-refractivity contribution in [3.8, 4) is 0 Å². The maximum absolute atomic E-state index is 6.40. The predicted octanol–water partition coefficient (Wildman–Crippen LogP) is 1.15. The van der Waals surface area contributed by atoms with Crippen LogP contribution in [0.25, 0.3) is 11.0 Å². The quantitative estimate of drug-likeness (QED) is 0.835. The van der Waals surface area contributed by atoms with Gasteiger partial charge in [-0.05, 0) is 38.3 Å². The third-order valence-electron chi connectivity index (χ3n) is 6.16. The summed E-state index contributed by atoms with van der Waals surface area (Å²) in [6.45, 7) is 5.85. The van der Waals surface area contributed by atoms with Gasteiger partial charge in [0.2, 0.25) is 0 Å². The number of anilines is 1. The van der Waals surface area contributed by atoms with Crippen molar-refractivity contribution in [2.45, 2.75) is 43.6 Å². The molecule has 0 amide bonds. The Morgan fingerprint density at radius 3 is 3.19 bits per heavy atom. The Morgan fingerprint density at radius 1 is 1.33 bits per heavy atom. The molecule has 5 rings (SSSR count). The van der Waals surface area contributed by atoms with E-state index in [1.165, 1.54) is 12.7 Å². The summed E-state index contributed by atoms with van der Waals surface area (Å²) in [4.78, 5) is 11.0. The van der Waals surface area contributed by atoms with E-state index >= 15 is 0 Å². The molecule has 0 aliphatic carbocycles. The van der Waals surface area contributed by atoms with E-state index in [2.05, 4.69) is 24.8 Å². The van der Waals surface area contributed by atoms with Gasteiger partial charge in [0.1, 0.15) is 24.0 Å². The molecule has 8 heteroatoms. The molecule has 3 N–H and O–H groups in total. The maximum Gasteiger partial charge on any atom is 0.147 e. The van der Waals surface area contributed by atoms with E-state index in [0.717, 1.165) is 69.6 Å². The van der Waals surface area contributed by atoms with Gasteiger partial charge in [-0.25, -0.2) is 9.97 Å². The lowest BCUT2D eigenvalue weighted by molar-refractivity contribution is -0.127. The number of nitrogen functional groups attached to an aromatic ring is 1. The third-order valence-corrected chi connectivity index (χ3v) is 6.16. The lowest BCUT2D eigenvalue weighted by Crippen LogP contribution is -2.59. The van der Waals surface area contributed by atoms with Gasteiger partial charge in [0.25, 0.3) is 0 Å². The largest absolute Gasteiger partial charge is 0.383 e. The van der Waals surface area contributed by atoms with Gasteiger partial charge in [-0.1, -0.05) is 0 Å². The number of nitrogens with two attached hydrogens (primary N) is 1. The normalized spacial score (nSPS) is 32.4. The molecule has 1 spiro atoms. The standard InChI is InChI=1S/C19H28N6O2/c20-17-15-4-7-25(18(15)23-13-22-17)16-3-2-14(27-16)10-24-8-9-26-19(12-24)5-1-6-21-11-19/h4,7,13-14,16,21H,1-3,5-6,8-12H2,(H2,20,22,23). The van der Waals surface area contributed by atoms with Crippen molar-refractivity contribution < 1.29 is 9.47 Å². The number of aromatic nitrogens is 3. The molecule has 146 valence electrons. The highest BCUT2D eigenvalue weighted by Crippen LogP contribution is 2.33. The summed E-state index contributed by atoms with van der Waals surface area (Å²) >= 11 is 0. The number of rotatable bonds is 3. The minimum atomic E-state index is -0.000414. The molecular formula is C19H28N6O2. The molecule has 2 aromatic heterocycles. The number of nitrogens with one attached hydrogen (secondary N) is 1. The molecule has 0 aromatic carbocycles. The zero-order valence-corrected chi connectivity index (χ0v) is 15.6. The number of nitrogens with zero attached hydrogens (tertiary/aromatic N) is 4. The Morgan fingerprint density at radius 2 is 2.30 bits per heavy atom. The molecule has 8 nitrogen and oxygen atoms in total. The van der Waals surface area contributed by atoms with Crippen molar-refractivity contribution in [2.75, 3.05) is 45.1 Å². The van der Waals surface area contributed by atoms with Crippen molar-refractivity contribution in [1.29, 1.82) is 0 Å². The SMILES string of the molecule is Nc1ncnc2c1ccn2C1CCC(CN2CCOC3(CCCNC3)C2)O1. The monoisotopic (exact) mass is 372 g/mol. The first-order valence-corrected chi connectivity index (χ1v) is 10.0. The summed E-state index contributed by atoms with van der Waals surface area (Å²) in [7, 11) is 0. The lowest BCUT2D eigenvalue weighted by Gasteiger charge is -2.45. The number of fused-ring (bicyclic) bond motifs is 1. The number of morpholine rings is 1. The minimum absolute atomic E-state index is 0.000414. The van der Waals surface area contributed by atoms with Gasteiger partial charge in [-0.3, -0.25) is 4.90 Å². The van der Waals surface area contributed by atoms with E-state index in [1.807, 2.05) is 12.3 Å². The molecule has 0 radical (unpaired) electrons. The predicted molar refractivity (Wildman–Crippen MR) is 102 cm³/mol. The van der Waals surface area contributed by atoms with Crippen LogP contribution in [0.5, 0.6) is 0 Å². The fourth-order valence-corrected chi connectivity index (χ4v) is 4.81. The molecule has 3 aliphatic rings. The smallest absolute Gasteiger partial charge is 0.147 e. The third kappa shape index (κ3) is 3.31. The van der Waals surface area contributed by atoms with Gasteiger partial charge in [-0.2, -0.15) is 0 Å². The Labute approximate surface area is 159 Å². The van der Waals surface area contributed by atoms with Crippen LogP contribution >= 0.6 is 0 Å². The highest BCUT2D eigenvalue weighted by atomic mass is 16.5. The van der Waals surface area contributed by atoms with Gasteiger partial charge >= 0.3 is 0 Å². The average Bonchev–Trinajstić information content (AvgIpc) is 3.30. The first-order valence-electron chi connectivity index (χ1n) is 10.0. The zero-order chi connectivity index (χ0) is 18.3. The van der Waals surface area contributed by atoms with E-state index in [1.54, 1.807) is 0 Å². The second-order valence-electron chi connectivity index (χ2n) is 8.06. The maximum atomic E-state index is 6.40. The molecule has 0 saturated carbocycles. The van der Waals surface area contributed by atoms with Crippen molar-refractivity contribution in [3.05, 3.63) is 18.6 Å². The van der Waals surface area contributed by atoms with Crippen molar-refractivity contribution in [2.24, 2.45) is 0 Å². The molecule has 3 fully saturated rings. The fourth-order valence-electron chi connectivity index (χ4n) is 4.81.